The van der Waals surface area contributed by atoms with Gasteiger partial charge < -0.3 is 4.90 Å². The number of nitrogens with one attached hydrogen (secondary N) is 1. The van der Waals surface area contributed by atoms with E-state index in [1.165, 1.54) is 12.8 Å². The van der Waals surface area contributed by atoms with E-state index in [1.54, 1.807) is 0 Å². The number of nitriles is 1. The fraction of sp³-hybridized carbons (Fsp3) is 0.929. The minimum atomic E-state index is -0.245. The smallest absolute Gasteiger partial charge is 0.107 e. The van der Waals surface area contributed by atoms with Gasteiger partial charge in [-0.05, 0) is 31.8 Å². The quantitative estimate of drug-likeness (QED) is 0.771. The van der Waals surface area contributed by atoms with E-state index in [2.05, 4.69) is 37.1 Å². The summed E-state index contributed by atoms with van der Waals surface area (Å²) in [5, 5.41) is 12.9. The average Bonchev–Trinajstić information content (AvgIpc) is 2.35. The van der Waals surface area contributed by atoms with Gasteiger partial charge in [0, 0.05) is 13.1 Å². The molecule has 2 unspecified atom stereocenters. The van der Waals surface area contributed by atoms with Crippen molar-refractivity contribution in [2.24, 2.45) is 5.92 Å². The molecule has 1 rings (SSSR count). The van der Waals surface area contributed by atoms with Crippen LogP contribution in [0.2, 0.25) is 0 Å². The summed E-state index contributed by atoms with van der Waals surface area (Å²) in [6.07, 6.45) is 4.50. The van der Waals surface area contributed by atoms with Gasteiger partial charge in [0.15, 0.2) is 0 Å². The van der Waals surface area contributed by atoms with Crippen LogP contribution in [-0.4, -0.2) is 36.6 Å². The van der Waals surface area contributed by atoms with Crippen LogP contribution in [0.4, 0.5) is 0 Å². The number of rotatable bonds is 6. The van der Waals surface area contributed by atoms with Gasteiger partial charge in [-0.15, -0.1) is 0 Å². The summed E-state index contributed by atoms with van der Waals surface area (Å²) in [5.41, 5.74) is -0.245. The highest BCUT2D eigenvalue weighted by molar-refractivity contribution is 5.09. The lowest BCUT2D eigenvalue weighted by atomic mass is 9.77. The average molecular weight is 237 g/mol. The lowest BCUT2D eigenvalue weighted by molar-refractivity contribution is 0.224. The maximum atomic E-state index is 9.41. The van der Waals surface area contributed by atoms with Crippen LogP contribution < -0.4 is 5.32 Å². The van der Waals surface area contributed by atoms with Crippen molar-refractivity contribution in [1.29, 1.82) is 5.26 Å². The molecule has 0 saturated heterocycles. The predicted octanol–water partition coefficient (Wildman–Crippen LogP) is 2.39. The second-order valence-corrected chi connectivity index (χ2v) is 5.35. The van der Waals surface area contributed by atoms with Crippen LogP contribution in [0, 0.1) is 17.2 Å². The SMILES string of the molecule is CCN(CC)CCNC1(C#N)CCCC(C)C1. The fourth-order valence-corrected chi connectivity index (χ4v) is 2.85. The molecule has 0 amide bonds. The van der Waals surface area contributed by atoms with Crippen molar-refractivity contribution < 1.29 is 0 Å². The van der Waals surface area contributed by atoms with Crippen LogP contribution in [0.3, 0.4) is 0 Å². The first-order valence-corrected chi connectivity index (χ1v) is 7.04. The molecule has 98 valence electrons. The van der Waals surface area contributed by atoms with Crippen molar-refractivity contribution in [2.75, 3.05) is 26.2 Å². The first-order valence-electron chi connectivity index (χ1n) is 7.04. The largest absolute Gasteiger partial charge is 0.303 e. The van der Waals surface area contributed by atoms with Gasteiger partial charge >= 0.3 is 0 Å². The molecule has 17 heavy (non-hydrogen) atoms. The Kier molecular flexibility index (Phi) is 5.94. The number of nitrogens with zero attached hydrogens (tertiary/aromatic N) is 2. The summed E-state index contributed by atoms with van der Waals surface area (Å²) < 4.78 is 0. The lowest BCUT2D eigenvalue weighted by Crippen LogP contribution is -2.49. The molecule has 2 atom stereocenters. The molecule has 0 aromatic rings. The highest BCUT2D eigenvalue weighted by atomic mass is 15.1. The maximum absolute atomic E-state index is 9.41. The van der Waals surface area contributed by atoms with Crippen molar-refractivity contribution in [3.8, 4) is 6.07 Å². The topological polar surface area (TPSA) is 39.1 Å². The van der Waals surface area contributed by atoms with E-state index < -0.39 is 0 Å². The third-order valence-corrected chi connectivity index (χ3v) is 4.00. The highest BCUT2D eigenvalue weighted by Gasteiger charge is 2.34. The number of hydrogen-bond donors (Lipinski definition) is 1. The molecule has 1 N–H and O–H groups in total. The van der Waals surface area contributed by atoms with Crippen molar-refractivity contribution in [3.63, 3.8) is 0 Å². The molecule has 0 spiro atoms. The van der Waals surface area contributed by atoms with Crippen LogP contribution in [0.25, 0.3) is 0 Å². The summed E-state index contributed by atoms with van der Waals surface area (Å²) in [6, 6.07) is 2.53. The molecule has 0 aliphatic heterocycles. The Hall–Kier alpha value is -0.590. The fourth-order valence-electron chi connectivity index (χ4n) is 2.85. The molecule has 1 aliphatic carbocycles. The second-order valence-electron chi connectivity index (χ2n) is 5.35. The zero-order valence-electron chi connectivity index (χ0n) is 11.6. The predicted molar refractivity (Wildman–Crippen MR) is 71.8 cm³/mol. The Morgan fingerprint density at radius 1 is 1.41 bits per heavy atom. The van der Waals surface area contributed by atoms with E-state index in [0.717, 1.165) is 39.0 Å². The van der Waals surface area contributed by atoms with Gasteiger partial charge in [-0.25, -0.2) is 0 Å². The summed E-state index contributed by atoms with van der Waals surface area (Å²) in [6.45, 7) is 10.8. The molecular weight excluding hydrogens is 210 g/mol. The van der Waals surface area contributed by atoms with E-state index in [-0.39, 0.29) is 5.54 Å². The number of hydrogen-bond acceptors (Lipinski definition) is 3. The summed E-state index contributed by atoms with van der Waals surface area (Å²) in [4.78, 5) is 2.39. The van der Waals surface area contributed by atoms with Gasteiger partial charge in [-0.2, -0.15) is 5.26 Å². The van der Waals surface area contributed by atoms with Crippen LogP contribution in [0.5, 0.6) is 0 Å². The van der Waals surface area contributed by atoms with E-state index >= 15 is 0 Å². The van der Waals surface area contributed by atoms with Crippen LogP contribution in [0.15, 0.2) is 0 Å². The summed E-state index contributed by atoms with van der Waals surface area (Å²) in [5.74, 6) is 0.685. The molecule has 3 heteroatoms. The monoisotopic (exact) mass is 237 g/mol. The van der Waals surface area contributed by atoms with Crippen molar-refractivity contribution >= 4 is 0 Å². The van der Waals surface area contributed by atoms with Crippen LogP contribution in [-0.2, 0) is 0 Å². The molecule has 3 nitrogen and oxygen atoms in total. The van der Waals surface area contributed by atoms with Crippen LogP contribution >= 0.6 is 0 Å². The Morgan fingerprint density at radius 2 is 2.12 bits per heavy atom. The van der Waals surface area contributed by atoms with Crippen molar-refractivity contribution in [2.45, 2.75) is 52.0 Å². The number of likely N-dealkylation sites (N-methyl/N-ethyl adjacent to an activating group) is 1. The Labute approximate surface area is 106 Å². The van der Waals surface area contributed by atoms with Gasteiger partial charge in [-0.3, -0.25) is 5.32 Å². The Bertz CT molecular complexity index is 255. The Balaban J connectivity index is 2.39. The highest BCUT2D eigenvalue weighted by Crippen LogP contribution is 2.31. The normalized spacial score (nSPS) is 29.2. The molecule has 0 heterocycles. The van der Waals surface area contributed by atoms with Crippen molar-refractivity contribution in [1.82, 2.24) is 10.2 Å². The third-order valence-electron chi connectivity index (χ3n) is 4.00. The molecule has 1 saturated carbocycles. The van der Waals surface area contributed by atoms with Crippen LogP contribution in [0.1, 0.15) is 46.5 Å². The molecule has 0 aromatic heterocycles. The second kappa shape index (κ2) is 6.98. The maximum Gasteiger partial charge on any atom is 0.107 e. The van der Waals surface area contributed by atoms with E-state index in [4.69, 9.17) is 0 Å². The first kappa shape index (κ1) is 14.5. The van der Waals surface area contributed by atoms with E-state index in [0.29, 0.717) is 5.92 Å². The molecule has 0 radical (unpaired) electrons. The minimum absolute atomic E-state index is 0.245. The van der Waals surface area contributed by atoms with Gasteiger partial charge in [0.05, 0.1) is 6.07 Å². The lowest BCUT2D eigenvalue weighted by Gasteiger charge is -2.35. The van der Waals surface area contributed by atoms with Gasteiger partial charge in [0.2, 0.25) is 0 Å². The van der Waals surface area contributed by atoms with Gasteiger partial charge in [0.1, 0.15) is 5.54 Å². The van der Waals surface area contributed by atoms with E-state index in [1.807, 2.05) is 0 Å². The minimum Gasteiger partial charge on any atom is -0.303 e. The van der Waals surface area contributed by atoms with E-state index in [9.17, 15) is 5.26 Å². The molecule has 0 aromatic carbocycles. The summed E-state index contributed by atoms with van der Waals surface area (Å²) >= 11 is 0. The van der Waals surface area contributed by atoms with Crippen molar-refractivity contribution in [3.05, 3.63) is 0 Å². The first-order chi connectivity index (χ1) is 8.15. The third kappa shape index (κ3) is 4.29. The zero-order chi connectivity index (χ0) is 12.7. The van der Waals surface area contributed by atoms with Gasteiger partial charge in [0.25, 0.3) is 0 Å². The molecule has 1 fully saturated rings. The molecule has 0 bridgehead atoms. The van der Waals surface area contributed by atoms with Gasteiger partial charge in [-0.1, -0.05) is 33.6 Å². The zero-order valence-corrected chi connectivity index (χ0v) is 11.6. The standard InChI is InChI=1S/C14H27N3/c1-4-17(5-2)10-9-16-14(12-15)8-6-7-13(3)11-14/h13,16H,4-11H2,1-3H3. The Morgan fingerprint density at radius 3 is 2.65 bits per heavy atom. The molecular formula is C14H27N3. The summed E-state index contributed by atoms with van der Waals surface area (Å²) in [7, 11) is 0. The molecule has 1 aliphatic rings.